The van der Waals surface area contributed by atoms with Gasteiger partial charge in [0, 0.05) is 30.1 Å². The van der Waals surface area contributed by atoms with Gasteiger partial charge in [-0.1, -0.05) is 36.6 Å². The van der Waals surface area contributed by atoms with Crippen molar-refractivity contribution in [1.29, 1.82) is 0 Å². The predicted octanol–water partition coefficient (Wildman–Crippen LogP) is 2.26. The van der Waals surface area contributed by atoms with E-state index in [4.69, 9.17) is 16.3 Å². The van der Waals surface area contributed by atoms with E-state index in [-0.39, 0.29) is 17.4 Å². The van der Waals surface area contributed by atoms with E-state index in [0.717, 1.165) is 24.4 Å². The average molecular weight is 323 g/mol. The van der Waals surface area contributed by atoms with Gasteiger partial charge in [-0.25, -0.2) is 0 Å². The monoisotopic (exact) mass is 322 g/mol. The molecular formula is C17H23ClN2O2. The number of halogens is 1. The maximum Gasteiger partial charge on any atom is 0.250 e. The van der Waals surface area contributed by atoms with Gasteiger partial charge in [0.15, 0.2) is 0 Å². The second kappa shape index (κ2) is 6.99. The lowest BCUT2D eigenvalue weighted by atomic mass is 9.79. The third-order valence-corrected chi connectivity index (χ3v) is 5.05. The molecule has 3 rings (SSSR count). The molecular weight excluding hydrogens is 300 g/mol. The van der Waals surface area contributed by atoms with Crippen LogP contribution in [0.4, 0.5) is 0 Å². The largest absolute Gasteiger partial charge is 0.366 e. The van der Waals surface area contributed by atoms with Crippen molar-refractivity contribution >= 4 is 17.5 Å². The zero-order chi connectivity index (χ0) is 15.4. The topological polar surface area (TPSA) is 50.4 Å². The molecule has 1 atom stereocenters. The van der Waals surface area contributed by atoms with Crippen LogP contribution in [0.15, 0.2) is 24.3 Å². The molecule has 1 saturated carbocycles. The summed E-state index contributed by atoms with van der Waals surface area (Å²) in [5, 5.41) is 7.05. The molecule has 2 fully saturated rings. The molecule has 1 saturated heterocycles. The van der Waals surface area contributed by atoms with Crippen molar-refractivity contribution in [2.45, 2.75) is 37.2 Å². The third-order valence-electron chi connectivity index (χ3n) is 4.82. The van der Waals surface area contributed by atoms with Gasteiger partial charge in [0.2, 0.25) is 5.91 Å². The van der Waals surface area contributed by atoms with Crippen molar-refractivity contribution in [3.63, 3.8) is 0 Å². The Bertz CT molecular complexity index is 523. The summed E-state index contributed by atoms with van der Waals surface area (Å²) in [5.41, 5.74) is 1.25. The Morgan fingerprint density at radius 3 is 2.91 bits per heavy atom. The Morgan fingerprint density at radius 2 is 2.23 bits per heavy atom. The number of rotatable bonds is 4. The smallest absolute Gasteiger partial charge is 0.250 e. The first-order valence-corrected chi connectivity index (χ1v) is 8.44. The van der Waals surface area contributed by atoms with Gasteiger partial charge in [-0.05, 0) is 30.5 Å². The fourth-order valence-electron chi connectivity index (χ4n) is 3.54. The van der Waals surface area contributed by atoms with E-state index < -0.39 is 0 Å². The predicted molar refractivity (Wildman–Crippen MR) is 87.2 cm³/mol. The highest BCUT2D eigenvalue weighted by Crippen LogP contribution is 2.41. The molecule has 120 valence electrons. The van der Waals surface area contributed by atoms with E-state index in [2.05, 4.69) is 16.7 Å². The van der Waals surface area contributed by atoms with Crippen LogP contribution in [0.1, 0.15) is 31.2 Å². The minimum atomic E-state index is -0.369. The highest BCUT2D eigenvalue weighted by molar-refractivity contribution is 6.30. The van der Waals surface area contributed by atoms with Crippen LogP contribution in [0, 0.1) is 0 Å². The van der Waals surface area contributed by atoms with Gasteiger partial charge < -0.3 is 15.4 Å². The van der Waals surface area contributed by atoms with E-state index in [9.17, 15) is 4.79 Å². The van der Waals surface area contributed by atoms with Crippen molar-refractivity contribution in [1.82, 2.24) is 10.6 Å². The first kappa shape index (κ1) is 15.8. The van der Waals surface area contributed by atoms with Crippen LogP contribution in [0.2, 0.25) is 5.02 Å². The van der Waals surface area contributed by atoms with Crippen molar-refractivity contribution in [2.75, 3.05) is 26.2 Å². The Labute approximate surface area is 136 Å². The fraction of sp³-hybridized carbons (Fsp3) is 0.588. The zero-order valence-corrected chi connectivity index (χ0v) is 13.5. The first-order valence-electron chi connectivity index (χ1n) is 8.06. The Hall–Kier alpha value is -1.10. The summed E-state index contributed by atoms with van der Waals surface area (Å²) in [6.45, 7) is 2.66. The molecule has 4 nitrogen and oxygen atoms in total. The highest BCUT2D eigenvalue weighted by Gasteiger charge is 2.36. The number of hydrogen-bond acceptors (Lipinski definition) is 3. The lowest BCUT2D eigenvalue weighted by Crippen LogP contribution is -2.50. The maximum absolute atomic E-state index is 12.3. The average Bonchev–Trinajstić information content (AvgIpc) is 3.04. The van der Waals surface area contributed by atoms with Crippen molar-refractivity contribution < 1.29 is 9.53 Å². The van der Waals surface area contributed by atoms with Crippen LogP contribution in [-0.4, -0.2) is 38.3 Å². The molecule has 2 N–H and O–H groups in total. The minimum Gasteiger partial charge on any atom is -0.366 e. The molecule has 0 radical (unpaired) electrons. The summed E-state index contributed by atoms with van der Waals surface area (Å²) in [7, 11) is 0. The molecule has 2 aliphatic rings. The van der Waals surface area contributed by atoms with E-state index in [1.807, 2.05) is 18.2 Å². The summed E-state index contributed by atoms with van der Waals surface area (Å²) in [5.74, 6) is -0.0134. The Morgan fingerprint density at radius 1 is 1.41 bits per heavy atom. The van der Waals surface area contributed by atoms with E-state index >= 15 is 0 Å². The molecule has 1 amide bonds. The van der Waals surface area contributed by atoms with Gasteiger partial charge in [-0.3, -0.25) is 4.79 Å². The van der Waals surface area contributed by atoms with Crippen LogP contribution in [-0.2, 0) is 14.9 Å². The van der Waals surface area contributed by atoms with Gasteiger partial charge in [-0.15, -0.1) is 0 Å². The van der Waals surface area contributed by atoms with E-state index in [1.54, 1.807) is 0 Å². The molecule has 1 aliphatic heterocycles. The van der Waals surface area contributed by atoms with Crippen LogP contribution in [0.25, 0.3) is 0 Å². The molecule has 1 aromatic carbocycles. The van der Waals surface area contributed by atoms with Gasteiger partial charge in [0.1, 0.15) is 6.10 Å². The molecule has 0 bridgehead atoms. The number of carbonyl (C=O) groups excluding carboxylic acids is 1. The summed E-state index contributed by atoms with van der Waals surface area (Å²) in [6, 6.07) is 8.06. The number of hydrogen-bond donors (Lipinski definition) is 2. The second-order valence-electron chi connectivity index (χ2n) is 6.28. The molecule has 1 aromatic rings. The van der Waals surface area contributed by atoms with Gasteiger partial charge in [-0.2, -0.15) is 0 Å². The zero-order valence-electron chi connectivity index (χ0n) is 12.7. The number of morpholine rings is 1. The first-order chi connectivity index (χ1) is 10.7. The van der Waals surface area contributed by atoms with Gasteiger partial charge in [0.05, 0.1) is 6.61 Å². The molecule has 22 heavy (non-hydrogen) atoms. The standard InChI is InChI=1S/C17H23ClN2O2/c18-14-5-3-4-13(10-14)17(6-1-2-7-17)12-20-16(21)15-11-19-8-9-22-15/h3-5,10,15,19H,1-2,6-9,11-12H2,(H,20,21). The van der Waals surface area contributed by atoms with Crippen LogP contribution in [0.3, 0.4) is 0 Å². The minimum absolute atomic E-state index is 0.0134. The van der Waals surface area contributed by atoms with Crippen molar-refractivity contribution in [2.24, 2.45) is 0 Å². The van der Waals surface area contributed by atoms with Crippen LogP contribution < -0.4 is 10.6 Å². The summed E-state index contributed by atoms with van der Waals surface area (Å²) >= 11 is 6.15. The number of ether oxygens (including phenoxy) is 1. The lowest BCUT2D eigenvalue weighted by molar-refractivity contribution is -0.134. The summed E-state index contributed by atoms with van der Waals surface area (Å²) in [6.07, 6.45) is 4.22. The van der Waals surface area contributed by atoms with E-state index in [1.165, 1.54) is 18.4 Å². The number of benzene rings is 1. The fourth-order valence-corrected chi connectivity index (χ4v) is 3.73. The van der Waals surface area contributed by atoms with E-state index in [0.29, 0.717) is 19.7 Å². The number of nitrogens with one attached hydrogen (secondary N) is 2. The third kappa shape index (κ3) is 3.45. The Kier molecular flexibility index (Phi) is 5.01. The summed E-state index contributed by atoms with van der Waals surface area (Å²) in [4.78, 5) is 12.3. The quantitative estimate of drug-likeness (QED) is 0.894. The van der Waals surface area contributed by atoms with Crippen LogP contribution in [0.5, 0.6) is 0 Å². The maximum atomic E-state index is 12.3. The molecule has 1 aliphatic carbocycles. The molecule has 0 aromatic heterocycles. The Balaban J connectivity index is 1.68. The highest BCUT2D eigenvalue weighted by atomic mass is 35.5. The number of carbonyl (C=O) groups is 1. The molecule has 0 spiro atoms. The van der Waals surface area contributed by atoms with Crippen molar-refractivity contribution in [3.8, 4) is 0 Å². The number of amides is 1. The molecule has 1 heterocycles. The van der Waals surface area contributed by atoms with Crippen LogP contribution >= 0.6 is 11.6 Å². The normalized spacial score (nSPS) is 24.1. The van der Waals surface area contributed by atoms with Gasteiger partial charge >= 0.3 is 0 Å². The second-order valence-corrected chi connectivity index (χ2v) is 6.72. The summed E-state index contributed by atoms with van der Waals surface area (Å²) < 4.78 is 5.52. The SMILES string of the molecule is O=C(NCC1(c2cccc(Cl)c2)CCCC1)C1CNCCO1. The molecule has 1 unspecified atom stereocenters. The van der Waals surface area contributed by atoms with Crippen molar-refractivity contribution in [3.05, 3.63) is 34.9 Å². The van der Waals surface area contributed by atoms with Gasteiger partial charge in [0.25, 0.3) is 0 Å². The molecule has 5 heteroatoms. The lowest BCUT2D eigenvalue weighted by Gasteiger charge is -2.31.